The van der Waals surface area contributed by atoms with Crippen LogP contribution < -0.4 is 10.1 Å². The number of nitrogens with one attached hydrogen (secondary N) is 1. The van der Waals surface area contributed by atoms with Crippen molar-refractivity contribution < 1.29 is 19.4 Å². The van der Waals surface area contributed by atoms with Crippen LogP contribution in [0.4, 0.5) is 5.69 Å². The molecule has 0 unspecified atom stereocenters. The summed E-state index contributed by atoms with van der Waals surface area (Å²) in [7, 11) is 0. The van der Waals surface area contributed by atoms with Crippen LogP contribution in [0.2, 0.25) is 0 Å². The van der Waals surface area contributed by atoms with Gasteiger partial charge < -0.3 is 15.2 Å². The number of amides is 1. The van der Waals surface area contributed by atoms with Crippen molar-refractivity contribution in [3.05, 3.63) is 66.7 Å². The van der Waals surface area contributed by atoms with Crippen LogP contribution in [0.15, 0.2) is 66.7 Å². The van der Waals surface area contributed by atoms with Crippen molar-refractivity contribution in [3.63, 3.8) is 0 Å². The molecule has 2 bridgehead atoms. The van der Waals surface area contributed by atoms with Gasteiger partial charge in [0, 0.05) is 5.69 Å². The number of carbonyl (C=O) groups excluding carboxylic acids is 1. The largest absolute Gasteiger partial charge is 0.481 e. The second-order valence-corrected chi connectivity index (χ2v) is 7.92. The fourth-order valence-corrected chi connectivity index (χ4v) is 5.03. The maximum Gasteiger partial charge on any atom is 0.307 e. The van der Waals surface area contributed by atoms with Crippen LogP contribution in [-0.4, -0.2) is 17.0 Å². The summed E-state index contributed by atoms with van der Waals surface area (Å²) >= 11 is 0. The highest BCUT2D eigenvalue weighted by Gasteiger charge is 2.62. The summed E-state index contributed by atoms with van der Waals surface area (Å²) in [5.41, 5.74) is 0.646. The van der Waals surface area contributed by atoms with Crippen molar-refractivity contribution in [3.8, 4) is 11.5 Å². The monoisotopic (exact) mass is 375 g/mol. The molecule has 0 radical (unpaired) electrons. The van der Waals surface area contributed by atoms with Gasteiger partial charge in [0.25, 0.3) is 0 Å². The smallest absolute Gasteiger partial charge is 0.307 e. The highest BCUT2D eigenvalue weighted by molar-refractivity contribution is 5.96. The minimum absolute atomic E-state index is 0.00935. The van der Waals surface area contributed by atoms with Gasteiger partial charge in [-0.2, -0.15) is 0 Å². The number of benzene rings is 2. The van der Waals surface area contributed by atoms with E-state index in [-0.39, 0.29) is 17.7 Å². The minimum atomic E-state index is -0.864. The van der Waals surface area contributed by atoms with E-state index in [0.717, 1.165) is 12.2 Å². The molecule has 142 valence electrons. The number of carboxylic acids is 1. The maximum atomic E-state index is 13.0. The lowest BCUT2D eigenvalue weighted by molar-refractivity contribution is -0.152. The molecule has 6 rings (SSSR count). The van der Waals surface area contributed by atoms with E-state index >= 15 is 0 Å². The van der Waals surface area contributed by atoms with Gasteiger partial charge in [0.1, 0.15) is 11.5 Å². The molecular weight excluding hydrogens is 354 g/mol. The molecule has 0 heterocycles. The molecule has 0 spiro atoms. The van der Waals surface area contributed by atoms with Crippen molar-refractivity contribution in [2.24, 2.45) is 35.5 Å². The molecule has 0 aliphatic heterocycles. The average Bonchev–Trinajstić information content (AvgIpc) is 3.52. The number of rotatable bonds is 5. The average molecular weight is 375 g/mol. The predicted octanol–water partition coefficient (Wildman–Crippen LogP) is 4.19. The molecule has 5 nitrogen and oxygen atoms in total. The highest BCUT2D eigenvalue weighted by Crippen LogP contribution is 2.63. The van der Waals surface area contributed by atoms with Gasteiger partial charge in [0.2, 0.25) is 5.91 Å². The Morgan fingerprint density at radius 3 is 2.11 bits per heavy atom. The molecule has 2 N–H and O–H groups in total. The second kappa shape index (κ2) is 6.51. The first-order chi connectivity index (χ1) is 13.6. The van der Waals surface area contributed by atoms with Gasteiger partial charge in [-0.15, -0.1) is 0 Å². The quantitative estimate of drug-likeness (QED) is 0.769. The van der Waals surface area contributed by atoms with Crippen LogP contribution in [0.3, 0.4) is 0 Å². The summed E-state index contributed by atoms with van der Waals surface area (Å²) in [5, 5.41) is 12.6. The lowest BCUT2D eigenvalue weighted by Gasteiger charge is -2.41. The van der Waals surface area contributed by atoms with E-state index in [1.165, 1.54) is 0 Å². The van der Waals surface area contributed by atoms with Crippen LogP contribution in [0.5, 0.6) is 11.5 Å². The van der Waals surface area contributed by atoms with E-state index in [2.05, 4.69) is 11.4 Å². The first kappa shape index (κ1) is 17.0. The van der Waals surface area contributed by atoms with Gasteiger partial charge in [-0.25, -0.2) is 0 Å². The van der Waals surface area contributed by atoms with E-state index < -0.39 is 17.8 Å². The normalized spacial score (nSPS) is 31.7. The third kappa shape index (κ3) is 2.87. The standard InChI is InChI=1S/C23H21NO4/c25-22(20-16-10-11-17(19-12-18(16)19)21(20)23(26)27)24-13-6-8-15(9-7-13)28-14-4-2-1-3-5-14/h1-11,16-21H,12H2,(H,24,25)(H,26,27)/t16-,17-,18-,19+,20-,21+/m0/s1. The fraction of sp³-hybridized carbons (Fsp3) is 0.304. The number of hydrogen-bond acceptors (Lipinski definition) is 3. The summed E-state index contributed by atoms with van der Waals surface area (Å²) in [5.74, 6) is 0.182. The van der Waals surface area contributed by atoms with Crippen molar-refractivity contribution in [2.45, 2.75) is 6.42 Å². The minimum Gasteiger partial charge on any atom is -0.481 e. The van der Waals surface area contributed by atoms with Gasteiger partial charge >= 0.3 is 5.97 Å². The number of carboxylic acid groups (broad SMARTS) is 1. The first-order valence-corrected chi connectivity index (χ1v) is 9.67. The lowest BCUT2D eigenvalue weighted by atomic mass is 9.62. The Morgan fingerprint density at radius 2 is 1.46 bits per heavy atom. The Balaban J connectivity index is 1.30. The fourth-order valence-electron chi connectivity index (χ4n) is 5.03. The first-order valence-electron chi connectivity index (χ1n) is 9.67. The number of aliphatic carboxylic acids is 1. The Kier molecular flexibility index (Phi) is 3.97. The van der Waals surface area contributed by atoms with Crippen LogP contribution in [0, 0.1) is 35.5 Å². The molecule has 2 aromatic rings. The Labute approximate surface area is 163 Å². The van der Waals surface area contributed by atoms with E-state index in [9.17, 15) is 14.7 Å². The summed E-state index contributed by atoms with van der Waals surface area (Å²) in [4.78, 5) is 24.8. The van der Waals surface area contributed by atoms with E-state index in [1.807, 2.05) is 36.4 Å². The number of hydrogen-bond donors (Lipinski definition) is 2. The van der Waals surface area contributed by atoms with Gasteiger partial charge in [0.05, 0.1) is 11.8 Å². The molecule has 5 heteroatoms. The summed E-state index contributed by atoms with van der Waals surface area (Å²) in [6.45, 7) is 0. The highest BCUT2D eigenvalue weighted by atomic mass is 16.5. The molecule has 28 heavy (non-hydrogen) atoms. The number of allylic oxidation sites excluding steroid dienone is 2. The van der Waals surface area contributed by atoms with Crippen LogP contribution in [0.1, 0.15) is 6.42 Å². The number of anilines is 1. The Hall–Kier alpha value is -3.08. The molecule has 1 amide bonds. The number of para-hydroxylation sites is 1. The van der Waals surface area contributed by atoms with E-state index in [0.29, 0.717) is 23.3 Å². The molecule has 4 aliphatic rings. The van der Waals surface area contributed by atoms with E-state index in [4.69, 9.17) is 4.74 Å². The van der Waals surface area contributed by atoms with Crippen LogP contribution in [-0.2, 0) is 9.59 Å². The van der Waals surface area contributed by atoms with Crippen molar-refractivity contribution in [1.82, 2.24) is 0 Å². The van der Waals surface area contributed by atoms with Crippen LogP contribution >= 0.6 is 0 Å². The number of ether oxygens (including phenoxy) is 1. The van der Waals surface area contributed by atoms with Gasteiger partial charge in [-0.05, 0) is 66.5 Å². The van der Waals surface area contributed by atoms with Crippen LogP contribution in [0.25, 0.3) is 0 Å². The molecule has 4 aliphatic carbocycles. The Morgan fingerprint density at radius 1 is 0.857 bits per heavy atom. The molecule has 6 atom stereocenters. The lowest BCUT2D eigenvalue weighted by Crippen LogP contribution is -2.48. The molecular formula is C23H21NO4. The molecule has 2 aromatic carbocycles. The zero-order valence-electron chi connectivity index (χ0n) is 15.2. The van der Waals surface area contributed by atoms with Gasteiger partial charge in [-0.1, -0.05) is 30.4 Å². The molecule has 0 aromatic heterocycles. The van der Waals surface area contributed by atoms with Crippen molar-refractivity contribution in [2.75, 3.05) is 5.32 Å². The summed E-state index contributed by atoms with van der Waals surface area (Å²) in [6.07, 6.45) is 5.14. The SMILES string of the molecule is O=C(O)[C@@H]1[C@H]2C=C[C@@H]([C@@H]3C[C@H]23)[C@@H]1C(=O)Nc1ccc(Oc2ccccc2)cc1. The van der Waals surface area contributed by atoms with E-state index in [1.54, 1.807) is 24.3 Å². The Bertz CT molecular complexity index is 937. The second-order valence-electron chi connectivity index (χ2n) is 7.92. The molecule has 2 fully saturated rings. The topological polar surface area (TPSA) is 75.6 Å². The van der Waals surface area contributed by atoms with Gasteiger partial charge in [-0.3, -0.25) is 9.59 Å². The maximum absolute atomic E-state index is 13.0. The predicted molar refractivity (Wildman–Crippen MR) is 104 cm³/mol. The van der Waals surface area contributed by atoms with Gasteiger partial charge in [0.15, 0.2) is 0 Å². The summed E-state index contributed by atoms with van der Waals surface area (Å²) in [6, 6.07) is 16.6. The molecule has 0 saturated heterocycles. The zero-order chi connectivity index (χ0) is 19.3. The third-order valence-electron chi connectivity index (χ3n) is 6.34. The summed E-state index contributed by atoms with van der Waals surface area (Å²) < 4.78 is 5.76. The third-order valence-corrected chi connectivity index (χ3v) is 6.34. The van der Waals surface area contributed by atoms with Crippen molar-refractivity contribution >= 4 is 17.6 Å². The zero-order valence-corrected chi connectivity index (χ0v) is 15.2. The van der Waals surface area contributed by atoms with Crippen molar-refractivity contribution in [1.29, 1.82) is 0 Å². The number of carbonyl (C=O) groups is 2. The number of fused-ring (bicyclic) bond motifs is 1. The molecule has 2 saturated carbocycles.